The summed E-state index contributed by atoms with van der Waals surface area (Å²) in [5, 5.41) is 12.9. The van der Waals surface area contributed by atoms with E-state index in [2.05, 4.69) is 5.32 Å². The van der Waals surface area contributed by atoms with Crippen molar-refractivity contribution in [2.75, 3.05) is 11.1 Å². The normalized spacial score (nSPS) is 10.3. The Hall–Kier alpha value is -1.91. The van der Waals surface area contributed by atoms with E-state index < -0.39 is 5.97 Å². The molecule has 4 nitrogen and oxygen atoms in total. The van der Waals surface area contributed by atoms with E-state index in [0.717, 1.165) is 5.56 Å². The number of nitrogens with two attached hydrogens (primary N) is 1. The van der Waals surface area contributed by atoms with Gasteiger partial charge in [0.05, 0.1) is 27.0 Å². The van der Waals surface area contributed by atoms with E-state index in [1.54, 1.807) is 12.1 Å². The highest BCUT2D eigenvalue weighted by Crippen LogP contribution is 2.34. The lowest BCUT2D eigenvalue weighted by molar-refractivity contribution is 0.0698. The molecule has 0 unspecified atom stereocenters. The largest absolute Gasteiger partial charge is 0.478 e. The number of anilines is 3. The van der Waals surface area contributed by atoms with Gasteiger partial charge in [0.2, 0.25) is 0 Å². The van der Waals surface area contributed by atoms with Gasteiger partial charge in [0.1, 0.15) is 0 Å². The van der Waals surface area contributed by atoms with Crippen molar-refractivity contribution in [1.29, 1.82) is 0 Å². The number of carboxylic acids is 1. The fourth-order valence-corrected chi connectivity index (χ4v) is 2.23. The Morgan fingerprint density at radius 3 is 2.55 bits per heavy atom. The molecule has 4 N–H and O–H groups in total. The van der Waals surface area contributed by atoms with E-state index in [9.17, 15) is 9.90 Å². The van der Waals surface area contributed by atoms with Gasteiger partial charge in [0, 0.05) is 5.69 Å². The summed E-state index contributed by atoms with van der Waals surface area (Å²) in [6.45, 7) is 1.91. The third-order valence-corrected chi connectivity index (χ3v) is 3.35. The molecule has 20 heavy (non-hydrogen) atoms. The number of rotatable bonds is 3. The Kier molecular flexibility index (Phi) is 4.06. The van der Waals surface area contributed by atoms with E-state index in [0.29, 0.717) is 10.7 Å². The Bertz CT molecular complexity index is 687. The van der Waals surface area contributed by atoms with Crippen LogP contribution in [0, 0.1) is 6.92 Å². The molecule has 2 aromatic carbocycles. The molecule has 2 aromatic rings. The molecule has 0 fully saturated rings. The lowest BCUT2D eigenvalue weighted by Crippen LogP contribution is -2.05. The molecule has 0 bridgehead atoms. The van der Waals surface area contributed by atoms with Crippen molar-refractivity contribution >= 4 is 46.2 Å². The fraction of sp³-hybridized carbons (Fsp3) is 0.0714. The van der Waals surface area contributed by atoms with Gasteiger partial charge < -0.3 is 16.2 Å². The van der Waals surface area contributed by atoms with Crippen LogP contribution in [0.15, 0.2) is 30.3 Å². The summed E-state index contributed by atoms with van der Waals surface area (Å²) < 4.78 is 0. The standard InChI is InChI=1S/C14H12Cl2N2O2/c1-7-2-3-10(15)12(4-7)18-13-9(14(19)20)5-8(17)6-11(13)16/h2-6,18H,17H2,1H3,(H,19,20). The molecule has 0 heterocycles. The van der Waals surface area contributed by atoms with Crippen LogP contribution in [0.3, 0.4) is 0 Å². The fourth-order valence-electron chi connectivity index (χ4n) is 1.79. The molecule has 0 saturated heterocycles. The number of nitrogen functional groups attached to an aromatic ring is 1. The first-order valence-electron chi connectivity index (χ1n) is 5.74. The molecule has 0 spiro atoms. The zero-order valence-electron chi connectivity index (χ0n) is 10.6. The first-order chi connectivity index (χ1) is 9.38. The maximum Gasteiger partial charge on any atom is 0.337 e. The molecule has 2 rings (SSSR count). The van der Waals surface area contributed by atoms with E-state index in [1.165, 1.54) is 12.1 Å². The van der Waals surface area contributed by atoms with Gasteiger partial charge in [-0.05, 0) is 36.8 Å². The number of aryl methyl sites for hydroxylation is 1. The highest BCUT2D eigenvalue weighted by atomic mass is 35.5. The van der Waals surface area contributed by atoms with Gasteiger partial charge >= 0.3 is 5.97 Å². The number of halogens is 2. The lowest BCUT2D eigenvalue weighted by Gasteiger charge is -2.14. The van der Waals surface area contributed by atoms with Gasteiger partial charge in [0.15, 0.2) is 0 Å². The van der Waals surface area contributed by atoms with Crippen molar-refractivity contribution in [3.8, 4) is 0 Å². The second-order valence-electron chi connectivity index (χ2n) is 4.34. The highest BCUT2D eigenvalue weighted by Gasteiger charge is 2.16. The van der Waals surface area contributed by atoms with E-state index >= 15 is 0 Å². The van der Waals surface area contributed by atoms with Crippen molar-refractivity contribution in [2.45, 2.75) is 6.92 Å². The Morgan fingerprint density at radius 2 is 1.90 bits per heavy atom. The molecular weight excluding hydrogens is 299 g/mol. The average Bonchev–Trinajstić information content (AvgIpc) is 2.36. The minimum Gasteiger partial charge on any atom is -0.478 e. The summed E-state index contributed by atoms with van der Waals surface area (Å²) >= 11 is 12.2. The third kappa shape index (κ3) is 2.98. The van der Waals surface area contributed by atoms with E-state index in [1.807, 2.05) is 13.0 Å². The number of aromatic carboxylic acids is 1. The molecular formula is C14H12Cl2N2O2. The molecule has 6 heteroatoms. The number of hydrogen-bond donors (Lipinski definition) is 3. The molecule has 0 aliphatic carbocycles. The summed E-state index contributed by atoms with van der Waals surface area (Å²) in [7, 11) is 0. The second-order valence-corrected chi connectivity index (χ2v) is 5.15. The van der Waals surface area contributed by atoms with Crippen LogP contribution in [0.4, 0.5) is 17.1 Å². The molecule has 0 saturated carbocycles. The van der Waals surface area contributed by atoms with Gasteiger partial charge in [-0.2, -0.15) is 0 Å². The minimum atomic E-state index is -1.12. The molecule has 0 aliphatic rings. The van der Waals surface area contributed by atoms with Crippen LogP contribution in [0.5, 0.6) is 0 Å². The average molecular weight is 311 g/mol. The number of carbonyl (C=O) groups is 1. The molecule has 0 aromatic heterocycles. The number of hydrogen-bond acceptors (Lipinski definition) is 3. The summed E-state index contributed by atoms with van der Waals surface area (Å²) in [5.74, 6) is -1.12. The summed E-state index contributed by atoms with van der Waals surface area (Å²) in [5.41, 5.74) is 7.73. The van der Waals surface area contributed by atoms with Crippen LogP contribution >= 0.6 is 23.2 Å². The zero-order valence-corrected chi connectivity index (χ0v) is 12.1. The quantitative estimate of drug-likeness (QED) is 0.738. The predicted molar refractivity (Wildman–Crippen MR) is 82.3 cm³/mol. The van der Waals surface area contributed by atoms with Gasteiger partial charge in [-0.25, -0.2) is 4.79 Å². The molecule has 0 atom stereocenters. The Labute approximate surface area is 126 Å². The summed E-state index contributed by atoms with van der Waals surface area (Å²) in [6, 6.07) is 8.22. The third-order valence-electron chi connectivity index (χ3n) is 2.72. The van der Waals surface area contributed by atoms with Gasteiger partial charge in [0.25, 0.3) is 0 Å². The predicted octanol–water partition coefficient (Wildman–Crippen LogP) is 4.33. The Balaban J connectivity index is 2.53. The molecule has 0 amide bonds. The van der Waals surface area contributed by atoms with Gasteiger partial charge in [-0.1, -0.05) is 29.3 Å². The SMILES string of the molecule is Cc1ccc(Cl)c(Nc2c(Cl)cc(N)cc2C(=O)O)c1. The van der Waals surface area contributed by atoms with Crippen LogP contribution in [0.1, 0.15) is 15.9 Å². The van der Waals surface area contributed by atoms with E-state index in [-0.39, 0.29) is 22.0 Å². The van der Waals surface area contributed by atoms with Crippen molar-refractivity contribution in [1.82, 2.24) is 0 Å². The highest BCUT2D eigenvalue weighted by molar-refractivity contribution is 6.35. The maximum absolute atomic E-state index is 11.3. The van der Waals surface area contributed by atoms with Crippen molar-refractivity contribution in [3.63, 3.8) is 0 Å². The Morgan fingerprint density at radius 1 is 1.20 bits per heavy atom. The van der Waals surface area contributed by atoms with Gasteiger partial charge in [-0.15, -0.1) is 0 Å². The maximum atomic E-state index is 11.3. The summed E-state index contributed by atoms with van der Waals surface area (Å²) in [4.78, 5) is 11.3. The zero-order chi connectivity index (χ0) is 14.9. The van der Waals surface area contributed by atoms with Gasteiger partial charge in [-0.3, -0.25) is 0 Å². The number of benzene rings is 2. The first kappa shape index (κ1) is 14.5. The molecule has 0 aliphatic heterocycles. The van der Waals surface area contributed by atoms with Crippen LogP contribution in [0.2, 0.25) is 10.0 Å². The molecule has 104 valence electrons. The minimum absolute atomic E-state index is 0.00688. The van der Waals surface area contributed by atoms with E-state index in [4.69, 9.17) is 28.9 Å². The van der Waals surface area contributed by atoms with Crippen LogP contribution in [-0.2, 0) is 0 Å². The van der Waals surface area contributed by atoms with Crippen molar-refractivity contribution in [2.24, 2.45) is 0 Å². The number of nitrogens with one attached hydrogen (secondary N) is 1. The second kappa shape index (κ2) is 5.61. The first-order valence-corrected chi connectivity index (χ1v) is 6.49. The van der Waals surface area contributed by atoms with Crippen LogP contribution in [0.25, 0.3) is 0 Å². The van der Waals surface area contributed by atoms with Crippen molar-refractivity contribution < 1.29 is 9.90 Å². The smallest absolute Gasteiger partial charge is 0.337 e. The van der Waals surface area contributed by atoms with Crippen LogP contribution in [-0.4, -0.2) is 11.1 Å². The number of carboxylic acid groups (broad SMARTS) is 1. The summed E-state index contributed by atoms with van der Waals surface area (Å²) in [6.07, 6.45) is 0. The van der Waals surface area contributed by atoms with Crippen molar-refractivity contribution in [3.05, 3.63) is 51.5 Å². The molecule has 0 radical (unpaired) electrons. The monoisotopic (exact) mass is 310 g/mol. The topological polar surface area (TPSA) is 75.3 Å². The van der Waals surface area contributed by atoms with Crippen LogP contribution < -0.4 is 11.1 Å². The lowest BCUT2D eigenvalue weighted by atomic mass is 10.1.